The molecule has 0 aliphatic carbocycles. The summed E-state index contributed by atoms with van der Waals surface area (Å²) in [6, 6.07) is -0.0663. The van der Waals surface area contributed by atoms with Crippen LogP contribution in [0.15, 0.2) is 23.7 Å². The Labute approximate surface area is 154 Å². The molecule has 0 spiro atoms. The molecule has 27 heavy (non-hydrogen) atoms. The van der Waals surface area contributed by atoms with Crippen LogP contribution in [0.3, 0.4) is 0 Å². The van der Waals surface area contributed by atoms with Gasteiger partial charge in [-0.1, -0.05) is 0 Å². The highest BCUT2D eigenvalue weighted by Gasteiger charge is 2.53. The molecule has 3 heterocycles. The number of piperidine rings is 1. The second kappa shape index (κ2) is 6.90. The van der Waals surface area contributed by atoms with Crippen molar-refractivity contribution in [3.05, 3.63) is 23.7 Å². The standard InChI is InChI=1S/C16H20N6O5/c1-21(14-10-3-6-18-13(10)19-15(25)20-14)12-9(8-23)4-7-22(16(12,26)27)11(24)2-5-17/h3,6,8-9,12-13,18,26-27H,2,4,7H2,1H3,(H2,19,20,25). The van der Waals surface area contributed by atoms with Crippen LogP contribution in [0.5, 0.6) is 0 Å². The van der Waals surface area contributed by atoms with Crippen molar-refractivity contribution < 1.29 is 24.6 Å². The smallest absolute Gasteiger partial charge is 0.322 e. The van der Waals surface area contributed by atoms with Gasteiger partial charge in [0.25, 0.3) is 5.91 Å². The van der Waals surface area contributed by atoms with Crippen molar-refractivity contribution in [1.29, 1.82) is 5.26 Å². The zero-order chi connectivity index (χ0) is 19.8. The van der Waals surface area contributed by atoms with Gasteiger partial charge in [-0.3, -0.25) is 15.0 Å². The Morgan fingerprint density at radius 1 is 1.56 bits per heavy atom. The summed E-state index contributed by atoms with van der Waals surface area (Å²) in [4.78, 5) is 37.8. The van der Waals surface area contributed by atoms with Crippen molar-refractivity contribution in [1.82, 2.24) is 25.8 Å². The van der Waals surface area contributed by atoms with E-state index < -0.39 is 42.4 Å². The molecular weight excluding hydrogens is 356 g/mol. The summed E-state index contributed by atoms with van der Waals surface area (Å²) in [5, 5.41) is 38.5. The first-order valence-corrected chi connectivity index (χ1v) is 8.35. The average molecular weight is 376 g/mol. The Morgan fingerprint density at radius 2 is 2.30 bits per heavy atom. The lowest BCUT2D eigenvalue weighted by molar-refractivity contribution is -0.303. The van der Waals surface area contributed by atoms with E-state index in [1.807, 2.05) is 0 Å². The third-order valence-electron chi connectivity index (χ3n) is 4.98. The molecule has 144 valence electrons. The zero-order valence-corrected chi connectivity index (χ0v) is 14.5. The Bertz CT molecular complexity index is 770. The fourth-order valence-corrected chi connectivity index (χ4v) is 3.74. The minimum Gasteiger partial charge on any atom is -0.367 e. The quantitative estimate of drug-likeness (QED) is 0.274. The number of urea groups is 1. The van der Waals surface area contributed by atoms with Crippen molar-refractivity contribution in [3.63, 3.8) is 0 Å². The Hall–Kier alpha value is -3.10. The summed E-state index contributed by atoms with van der Waals surface area (Å²) >= 11 is 0. The summed E-state index contributed by atoms with van der Waals surface area (Å²) in [5.74, 6) is -3.99. The molecule has 0 aromatic carbocycles. The highest BCUT2D eigenvalue weighted by atomic mass is 16.5. The molecule has 3 aliphatic heterocycles. The normalized spacial score (nSPS) is 28.4. The number of nitrogens with one attached hydrogen (secondary N) is 3. The van der Waals surface area contributed by atoms with Crippen LogP contribution in [0.4, 0.5) is 4.79 Å². The van der Waals surface area contributed by atoms with Gasteiger partial charge in [-0.25, -0.2) is 4.79 Å². The van der Waals surface area contributed by atoms with Crippen LogP contribution in [-0.4, -0.2) is 69.9 Å². The maximum atomic E-state index is 12.2. The van der Waals surface area contributed by atoms with Crippen LogP contribution < -0.4 is 16.0 Å². The number of likely N-dealkylation sites (N-methyl/N-ethyl adjacent to an activating group) is 1. The van der Waals surface area contributed by atoms with E-state index in [4.69, 9.17) is 5.26 Å². The topological polar surface area (TPSA) is 158 Å². The number of nitriles is 1. The third kappa shape index (κ3) is 3.09. The fraction of sp³-hybridized carbons (Fsp3) is 0.500. The number of carbonyl (C=O) groups excluding carboxylic acids is 3. The van der Waals surface area contributed by atoms with Gasteiger partial charge in [0, 0.05) is 25.1 Å². The number of rotatable bonds is 4. The largest absolute Gasteiger partial charge is 0.367 e. The second-order valence-corrected chi connectivity index (χ2v) is 6.55. The van der Waals surface area contributed by atoms with Gasteiger partial charge in [-0.15, -0.1) is 0 Å². The van der Waals surface area contributed by atoms with Gasteiger partial charge in [-0.05, 0) is 18.7 Å². The predicted octanol–water partition coefficient (Wildman–Crippen LogP) is -2.15. The van der Waals surface area contributed by atoms with Crippen molar-refractivity contribution in [2.45, 2.75) is 31.0 Å². The van der Waals surface area contributed by atoms with Crippen LogP contribution in [0, 0.1) is 17.2 Å². The fourth-order valence-electron chi connectivity index (χ4n) is 3.74. The van der Waals surface area contributed by atoms with E-state index in [0.717, 1.165) is 4.90 Å². The molecule has 5 N–H and O–H groups in total. The first-order valence-electron chi connectivity index (χ1n) is 8.35. The molecule has 0 radical (unpaired) electrons. The average Bonchev–Trinajstić information content (AvgIpc) is 3.07. The maximum absolute atomic E-state index is 12.2. The van der Waals surface area contributed by atoms with Gasteiger partial charge in [0.15, 0.2) is 0 Å². The van der Waals surface area contributed by atoms with Crippen LogP contribution in [-0.2, 0) is 9.59 Å². The number of aliphatic hydroxyl groups is 2. The van der Waals surface area contributed by atoms with Crippen molar-refractivity contribution in [3.8, 4) is 6.07 Å². The second-order valence-electron chi connectivity index (χ2n) is 6.55. The molecule has 3 amide bonds. The minimum atomic E-state index is -2.71. The Balaban J connectivity index is 1.99. The number of fused-ring (bicyclic) bond motifs is 1. The molecule has 11 heteroatoms. The molecule has 0 saturated carbocycles. The lowest BCUT2D eigenvalue weighted by atomic mass is 9.87. The van der Waals surface area contributed by atoms with E-state index in [1.165, 1.54) is 11.9 Å². The maximum Gasteiger partial charge on any atom is 0.322 e. The van der Waals surface area contributed by atoms with E-state index >= 15 is 0 Å². The van der Waals surface area contributed by atoms with Gasteiger partial charge >= 0.3 is 6.03 Å². The predicted molar refractivity (Wildman–Crippen MR) is 89.6 cm³/mol. The summed E-state index contributed by atoms with van der Waals surface area (Å²) in [5.41, 5.74) is 0.637. The summed E-state index contributed by atoms with van der Waals surface area (Å²) in [6.45, 7) is -0.0782. The first-order chi connectivity index (χ1) is 12.8. The van der Waals surface area contributed by atoms with E-state index in [9.17, 15) is 24.6 Å². The number of aldehydes is 1. The van der Waals surface area contributed by atoms with Gasteiger partial charge in [-0.2, -0.15) is 5.26 Å². The Kier molecular flexibility index (Phi) is 4.77. The number of carbonyl (C=O) groups is 3. The van der Waals surface area contributed by atoms with E-state index in [-0.39, 0.29) is 18.8 Å². The van der Waals surface area contributed by atoms with Crippen molar-refractivity contribution in [2.24, 2.45) is 5.92 Å². The molecule has 3 unspecified atom stereocenters. The zero-order valence-electron chi connectivity index (χ0n) is 14.5. The van der Waals surface area contributed by atoms with Crippen LogP contribution in [0.25, 0.3) is 0 Å². The molecule has 0 bridgehead atoms. The molecule has 0 aromatic rings. The van der Waals surface area contributed by atoms with Crippen LogP contribution in [0.1, 0.15) is 12.8 Å². The van der Waals surface area contributed by atoms with Crippen molar-refractivity contribution >= 4 is 18.2 Å². The Morgan fingerprint density at radius 3 is 2.96 bits per heavy atom. The highest BCUT2D eigenvalue weighted by Crippen LogP contribution is 2.34. The molecular formula is C16H20N6O5. The van der Waals surface area contributed by atoms with Gasteiger partial charge in [0.2, 0.25) is 5.91 Å². The number of nitrogens with zero attached hydrogens (tertiary/aromatic N) is 3. The highest BCUT2D eigenvalue weighted by molar-refractivity contribution is 5.80. The first kappa shape index (κ1) is 18.7. The lowest BCUT2D eigenvalue weighted by Gasteiger charge is -2.51. The third-order valence-corrected chi connectivity index (χ3v) is 4.98. The van der Waals surface area contributed by atoms with Gasteiger partial charge in [0.1, 0.15) is 30.7 Å². The van der Waals surface area contributed by atoms with Gasteiger partial charge in [0.05, 0.1) is 6.07 Å². The number of hydrogen-bond donors (Lipinski definition) is 5. The van der Waals surface area contributed by atoms with Crippen LogP contribution >= 0.6 is 0 Å². The molecule has 1 fully saturated rings. The molecule has 3 rings (SSSR count). The number of hydrogen-bond acceptors (Lipinski definition) is 8. The van der Waals surface area contributed by atoms with E-state index in [1.54, 1.807) is 18.3 Å². The molecule has 11 nitrogen and oxygen atoms in total. The molecule has 1 saturated heterocycles. The van der Waals surface area contributed by atoms with Crippen molar-refractivity contribution in [2.75, 3.05) is 13.6 Å². The number of amides is 3. The molecule has 3 atom stereocenters. The SMILES string of the molecule is CN(C1=C2C=CNC2NC(=O)N1)C1C(C=O)CCN(C(=O)CC#N)C1(O)O. The monoisotopic (exact) mass is 376 g/mol. The molecule has 3 aliphatic rings. The lowest BCUT2D eigenvalue weighted by Crippen LogP contribution is -2.70. The van der Waals surface area contributed by atoms with E-state index in [0.29, 0.717) is 11.9 Å². The molecule has 0 aromatic heterocycles. The summed E-state index contributed by atoms with van der Waals surface area (Å²) in [6.07, 6.45) is 3.11. The van der Waals surface area contributed by atoms with E-state index in [2.05, 4.69) is 16.0 Å². The van der Waals surface area contributed by atoms with Gasteiger partial charge < -0.3 is 30.5 Å². The summed E-state index contributed by atoms with van der Waals surface area (Å²) < 4.78 is 0. The minimum absolute atomic E-state index is 0.0782. The van der Waals surface area contributed by atoms with Crippen LogP contribution in [0.2, 0.25) is 0 Å². The summed E-state index contributed by atoms with van der Waals surface area (Å²) in [7, 11) is 1.50. The number of likely N-dealkylation sites (tertiary alicyclic amines) is 1.